The van der Waals surface area contributed by atoms with E-state index in [0.29, 0.717) is 6.04 Å². The monoisotopic (exact) mass is 295 g/mol. The van der Waals surface area contributed by atoms with Crippen LogP contribution in [0.1, 0.15) is 44.2 Å². The average Bonchev–Trinajstić information content (AvgIpc) is 2.66. The molecule has 1 N–H and O–H groups in total. The Balaban J connectivity index is 1.93. The van der Waals surface area contributed by atoms with Crippen molar-refractivity contribution in [2.45, 2.75) is 44.2 Å². The van der Waals surface area contributed by atoms with E-state index in [1.807, 2.05) is 18.2 Å². The highest BCUT2D eigenvalue weighted by atomic mass is 35.5. The summed E-state index contributed by atoms with van der Waals surface area (Å²) >= 11 is 6.14. The van der Waals surface area contributed by atoms with E-state index in [9.17, 15) is 0 Å². The van der Waals surface area contributed by atoms with Crippen LogP contribution < -0.4 is 10.1 Å². The molecule has 2 aliphatic heterocycles. The van der Waals surface area contributed by atoms with E-state index < -0.39 is 0 Å². The fraction of sp³-hybridized carbons (Fsp3) is 0.625. The van der Waals surface area contributed by atoms with Gasteiger partial charge < -0.3 is 14.8 Å². The van der Waals surface area contributed by atoms with Crippen LogP contribution in [0.5, 0.6) is 5.75 Å². The van der Waals surface area contributed by atoms with Gasteiger partial charge in [0.25, 0.3) is 0 Å². The van der Waals surface area contributed by atoms with Crippen molar-refractivity contribution in [2.75, 3.05) is 19.8 Å². The summed E-state index contributed by atoms with van der Waals surface area (Å²) in [4.78, 5) is 0. The van der Waals surface area contributed by atoms with E-state index in [1.165, 1.54) is 5.56 Å². The molecular formula is C16H22ClNO2. The standard InChI is InChI=1S/C16H22ClNO2/c1-2-18-14-11-16(6-3-8-19-9-7-16)20-15-5-4-12(17)10-13(14)15/h4-5,10,14,18H,2-3,6-9,11H2,1H3. The highest BCUT2D eigenvalue weighted by Crippen LogP contribution is 2.44. The van der Waals surface area contributed by atoms with E-state index in [4.69, 9.17) is 21.1 Å². The van der Waals surface area contributed by atoms with Crippen molar-refractivity contribution in [2.24, 2.45) is 0 Å². The Morgan fingerprint density at radius 3 is 3.10 bits per heavy atom. The minimum Gasteiger partial charge on any atom is -0.487 e. The Morgan fingerprint density at radius 1 is 1.35 bits per heavy atom. The normalized spacial score (nSPS) is 29.6. The number of halogens is 1. The third-order valence-electron chi connectivity index (χ3n) is 4.32. The van der Waals surface area contributed by atoms with Gasteiger partial charge in [-0.25, -0.2) is 0 Å². The molecule has 1 spiro atoms. The molecule has 2 atom stereocenters. The van der Waals surface area contributed by atoms with Gasteiger partial charge >= 0.3 is 0 Å². The maximum atomic E-state index is 6.39. The van der Waals surface area contributed by atoms with Gasteiger partial charge in [0.2, 0.25) is 0 Å². The molecule has 0 aromatic heterocycles. The van der Waals surface area contributed by atoms with Crippen LogP contribution in [0.3, 0.4) is 0 Å². The van der Waals surface area contributed by atoms with Crippen LogP contribution in [0.15, 0.2) is 18.2 Å². The summed E-state index contributed by atoms with van der Waals surface area (Å²) in [7, 11) is 0. The van der Waals surface area contributed by atoms with Gasteiger partial charge in [0.05, 0.1) is 6.61 Å². The Morgan fingerprint density at radius 2 is 2.25 bits per heavy atom. The molecule has 3 rings (SSSR count). The van der Waals surface area contributed by atoms with E-state index in [1.54, 1.807) is 0 Å². The molecule has 4 heteroatoms. The van der Waals surface area contributed by atoms with Crippen LogP contribution in [0.4, 0.5) is 0 Å². The lowest BCUT2D eigenvalue weighted by atomic mass is 9.82. The largest absolute Gasteiger partial charge is 0.487 e. The van der Waals surface area contributed by atoms with Gasteiger partial charge in [-0.1, -0.05) is 18.5 Å². The van der Waals surface area contributed by atoms with Crippen LogP contribution >= 0.6 is 11.6 Å². The maximum Gasteiger partial charge on any atom is 0.125 e. The van der Waals surface area contributed by atoms with Gasteiger partial charge in [-0.3, -0.25) is 0 Å². The second-order valence-electron chi connectivity index (χ2n) is 5.75. The summed E-state index contributed by atoms with van der Waals surface area (Å²) in [6.07, 6.45) is 4.10. The smallest absolute Gasteiger partial charge is 0.125 e. The van der Waals surface area contributed by atoms with E-state index >= 15 is 0 Å². The molecule has 20 heavy (non-hydrogen) atoms. The lowest BCUT2D eigenvalue weighted by Crippen LogP contribution is -2.44. The minimum absolute atomic E-state index is 0.0792. The van der Waals surface area contributed by atoms with Gasteiger partial charge in [-0.2, -0.15) is 0 Å². The molecule has 1 aromatic carbocycles. The molecule has 3 nitrogen and oxygen atoms in total. The van der Waals surface area contributed by atoms with Gasteiger partial charge in [0.15, 0.2) is 0 Å². The third kappa shape index (κ3) is 2.80. The first-order valence-corrected chi connectivity index (χ1v) is 7.90. The van der Waals surface area contributed by atoms with Crippen LogP contribution in [0.2, 0.25) is 5.02 Å². The first kappa shape index (κ1) is 14.2. The molecule has 1 aromatic rings. The molecule has 2 aliphatic rings. The molecule has 1 saturated heterocycles. The summed E-state index contributed by atoms with van der Waals surface area (Å²) in [5.41, 5.74) is 1.11. The predicted molar refractivity (Wildman–Crippen MR) is 80.5 cm³/mol. The van der Waals surface area contributed by atoms with Crippen molar-refractivity contribution in [3.05, 3.63) is 28.8 Å². The van der Waals surface area contributed by atoms with E-state index in [0.717, 1.165) is 56.2 Å². The SMILES string of the molecule is CCNC1CC2(CCCOCC2)Oc2ccc(Cl)cc21. The van der Waals surface area contributed by atoms with Crippen LogP contribution in [-0.4, -0.2) is 25.4 Å². The van der Waals surface area contributed by atoms with Crippen LogP contribution in [0, 0.1) is 0 Å². The molecule has 0 radical (unpaired) electrons. The van der Waals surface area contributed by atoms with Crippen LogP contribution in [-0.2, 0) is 4.74 Å². The zero-order valence-electron chi connectivity index (χ0n) is 12.0. The fourth-order valence-electron chi connectivity index (χ4n) is 3.36. The lowest BCUT2D eigenvalue weighted by molar-refractivity contribution is 0.0110. The molecule has 2 unspecified atom stereocenters. The summed E-state index contributed by atoms with van der Waals surface area (Å²) in [6, 6.07) is 6.27. The van der Waals surface area contributed by atoms with Gasteiger partial charge in [-0.15, -0.1) is 0 Å². The molecular weight excluding hydrogens is 274 g/mol. The Bertz CT molecular complexity index is 470. The van der Waals surface area contributed by atoms with Crippen LogP contribution in [0.25, 0.3) is 0 Å². The minimum atomic E-state index is -0.0792. The lowest BCUT2D eigenvalue weighted by Gasteiger charge is -2.42. The number of fused-ring (bicyclic) bond motifs is 1. The number of nitrogens with one attached hydrogen (secondary N) is 1. The first-order chi connectivity index (χ1) is 9.72. The second kappa shape index (κ2) is 5.92. The summed E-state index contributed by atoms with van der Waals surface area (Å²) in [5.74, 6) is 0.980. The summed E-state index contributed by atoms with van der Waals surface area (Å²) in [6.45, 7) is 4.73. The molecule has 0 saturated carbocycles. The van der Waals surface area contributed by atoms with E-state index in [2.05, 4.69) is 12.2 Å². The zero-order chi connectivity index (χ0) is 14.0. The zero-order valence-corrected chi connectivity index (χ0v) is 12.7. The highest BCUT2D eigenvalue weighted by Gasteiger charge is 2.41. The Labute approximate surface area is 125 Å². The molecule has 110 valence electrons. The molecule has 2 heterocycles. The van der Waals surface area contributed by atoms with Crippen molar-refractivity contribution >= 4 is 11.6 Å². The van der Waals surface area contributed by atoms with Gasteiger partial charge in [-0.05, 0) is 37.6 Å². The quantitative estimate of drug-likeness (QED) is 0.902. The van der Waals surface area contributed by atoms with Gasteiger partial charge in [0.1, 0.15) is 11.4 Å². The highest BCUT2D eigenvalue weighted by molar-refractivity contribution is 6.30. The molecule has 1 fully saturated rings. The third-order valence-corrected chi connectivity index (χ3v) is 4.56. The molecule has 0 aliphatic carbocycles. The number of hydrogen-bond donors (Lipinski definition) is 1. The Hall–Kier alpha value is -0.770. The maximum absolute atomic E-state index is 6.39. The molecule has 0 bridgehead atoms. The number of ether oxygens (including phenoxy) is 2. The predicted octanol–water partition coefficient (Wildman–Crippen LogP) is 3.71. The van der Waals surface area contributed by atoms with Gasteiger partial charge in [0, 0.05) is 36.1 Å². The van der Waals surface area contributed by atoms with Crippen molar-refractivity contribution < 1.29 is 9.47 Å². The van der Waals surface area contributed by atoms with E-state index in [-0.39, 0.29) is 5.60 Å². The fourth-order valence-corrected chi connectivity index (χ4v) is 3.54. The first-order valence-electron chi connectivity index (χ1n) is 7.52. The Kier molecular flexibility index (Phi) is 4.20. The second-order valence-corrected chi connectivity index (χ2v) is 6.18. The summed E-state index contributed by atoms with van der Waals surface area (Å²) in [5, 5.41) is 4.35. The van der Waals surface area contributed by atoms with Crippen molar-refractivity contribution in [1.82, 2.24) is 5.32 Å². The number of rotatable bonds is 2. The number of hydrogen-bond acceptors (Lipinski definition) is 3. The van der Waals surface area contributed by atoms with Crippen molar-refractivity contribution in [3.63, 3.8) is 0 Å². The average molecular weight is 296 g/mol. The topological polar surface area (TPSA) is 30.5 Å². The summed E-state index contributed by atoms with van der Waals surface area (Å²) < 4.78 is 12.0. The molecule has 0 amide bonds. The number of benzene rings is 1. The van der Waals surface area contributed by atoms with Crippen molar-refractivity contribution in [3.8, 4) is 5.75 Å². The van der Waals surface area contributed by atoms with Crippen molar-refractivity contribution in [1.29, 1.82) is 0 Å².